The molecule has 1 heterocycles. The first-order valence-electron chi connectivity index (χ1n) is 5.22. The fourth-order valence-corrected chi connectivity index (χ4v) is 1.56. The van der Waals surface area contributed by atoms with E-state index in [-0.39, 0.29) is 5.82 Å². The van der Waals surface area contributed by atoms with Gasteiger partial charge < -0.3 is 10.5 Å². The standard InChI is InChI=1S/C12H14FN3O/c1-7-4-5-9(13)6-10(7)17-12-11(14)8(2)15-16(12)3/h4-6H,14H2,1-3H3. The fourth-order valence-electron chi connectivity index (χ4n) is 1.56. The number of benzene rings is 1. The van der Waals surface area contributed by atoms with Crippen LogP contribution in [-0.2, 0) is 7.05 Å². The number of aromatic nitrogens is 2. The van der Waals surface area contributed by atoms with E-state index in [0.717, 1.165) is 5.56 Å². The maximum absolute atomic E-state index is 13.1. The van der Waals surface area contributed by atoms with Crippen LogP contribution in [0.15, 0.2) is 18.2 Å². The minimum Gasteiger partial charge on any atom is -0.437 e. The topological polar surface area (TPSA) is 53.1 Å². The number of ether oxygens (including phenoxy) is 1. The van der Waals surface area contributed by atoms with Crippen LogP contribution >= 0.6 is 0 Å². The zero-order chi connectivity index (χ0) is 12.6. The number of nitrogen functional groups attached to an aromatic ring is 1. The van der Waals surface area contributed by atoms with Gasteiger partial charge in [-0.25, -0.2) is 9.07 Å². The van der Waals surface area contributed by atoms with E-state index in [1.54, 1.807) is 20.0 Å². The summed E-state index contributed by atoms with van der Waals surface area (Å²) in [6.45, 7) is 3.63. The van der Waals surface area contributed by atoms with E-state index in [4.69, 9.17) is 10.5 Å². The second-order valence-corrected chi connectivity index (χ2v) is 3.94. The summed E-state index contributed by atoms with van der Waals surface area (Å²) in [5, 5.41) is 4.13. The zero-order valence-corrected chi connectivity index (χ0v) is 9.99. The Balaban J connectivity index is 2.41. The lowest BCUT2D eigenvalue weighted by Crippen LogP contribution is -1.98. The number of hydrogen-bond donors (Lipinski definition) is 1. The Kier molecular flexibility index (Phi) is 2.75. The van der Waals surface area contributed by atoms with Gasteiger partial charge in [-0.15, -0.1) is 0 Å². The van der Waals surface area contributed by atoms with Gasteiger partial charge in [-0.1, -0.05) is 6.07 Å². The highest BCUT2D eigenvalue weighted by Gasteiger charge is 2.13. The van der Waals surface area contributed by atoms with Crippen LogP contribution in [0.5, 0.6) is 11.6 Å². The Morgan fingerprint density at radius 1 is 1.35 bits per heavy atom. The number of nitrogens with two attached hydrogens (primary N) is 1. The maximum atomic E-state index is 13.1. The Hall–Kier alpha value is -2.04. The average Bonchev–Trinajstić information content (AvgIpc) is 2.50. The molecule has 0 atom stereocenters. The van der Waals surface area contributed by atoms with Crippen molar-refractivity contribution in [3.05, 3.63) is 35.3 Å². The summed E-state index contributed by atoms with van der Waals surface area (Å²) < 4.78 is 20.3. The van der Waals surface area contributed by atoms with Crippen molar-refractivity contribution in [3.8, 4) is 11.6 Å². The molecule has 2 N–H and O–H groups in total. The fraction of sp³-hybridized carbons (Fsp3) is 0.250. The van der Waals surface area contributed by atoms with E-state index in [1.807, 2.05) is 6.92 Å². The summed E-state index contributed by atoms with van der Waals surface area (Å²) in [5.41, 5.74) is 7.83. The van der Waals surface area contributed by atoms with Crippen molar-refractivity contribution < 1.29 is 9.13 Å². The van der Waals surface area contributed by atoms with E-state index >= 15 is 0 Å². The molecule has 0 aliphatic rings. The summed E-state index contributed by atoms with van der Waals surface area (Å²) in [4.78, 5) is 0. The molecule has 0 spiro atoms. The third-order valence-corrected chi connectivity index (χ3v) is 2.57. The summed E-state index contributed by atoms with van der Waals surface area (Å²) in [5.74, 6) is 0.527. The van der Waals surface area contributed by atoms with Gasteiger partial charge in [-0.3, -0.25) is 0 Å². The van der Waals surface area contributed by atoms with Gasteiger partial charge in [0.1, 0.15) is 17.3 Å². The van der Waals surface area contributed by atoms with Gasteiger partial charge in [0, 0.05) is 13.1 Å². The van der Waals surface area contributed by atoms with Gasteiger partial charge in [0.25, 0.3) is 0 Å². The van der Waals surface area contributed by atoms with Crippen molar-refractivity contribution >= 4 is 5.69 Å². The molecule has 0 fully saturated rings. The van der Waals surface area contributed by atoms with Crippen LogP contribution < -0.4 is 10.5 Å². The number of anilines is 1. The van der Waals surface area contributed by atoms with E-state index in [1.165, 1.54) is 16.8 Å². The molecule has 1 aromatic carbocycles. The first-order chi connectivity index (χ1) is 7.99. The number of hydrogen-bond acceptors (Lipinski definition) is 3. The molecule has 0 radical (unpaired) electrons. The van der Waals surface area contributed by atoms with E-state index < -0.39 is 0 Å². The molecule has 1 aromatic heterocycles. The number of halogens is 1. The van der Waals surface area contributed by atoms with Crippen molar-refractivity contribution in [2.24, 2.45) is 7.05 Å². The molecule has 5 heteroatoms. The third kappa shape index (κ3) is 2.08. The Labute approximate surface area is 98.8 Å². The summed E-state index contributed by atoms with van der Waals surface area (Å²) in [6, 6.07) is 4.38. The van der Waals surface area contributed by atoms with Crippen LogP contribution in [0.2, 0.25) is 0 Å². The van der Waals surface area contributed by atoms with Crippen LogP contribution in [0.1, 0.15) is 11.3 Å². The van der Waals surface area contributed by atoms with Crippen molar-refractivity contribution in [2.45, 2.75) is 13.8 Å². The molecule has 17 heavy (non-hydrogen) atoms. The maximum Gasteiger partial charge on any atom is 0.241 e. The van der Waals surface area contributed by atoms with Crippen LogP contribution in [0, 0.1) is 19.7 Å². The van der Waals surface area contributed by atoms with Gasteiger partial charge in [0.2, 0.25) is 5.88 Å². The first kappa shape index (κ1) is 11.4. The monoisotopic (exact) mass is 235 g/mol. The number of rotatable bonds is 2. The SMILES string of the molecule is Cc1ccc(F)cc1Oc1c(N)c(C)nn1C. The second-order valence-electron chi connectivity index (χ2n) is 3.94. The minimum absolute atomic E-state index is 0.344. The molecule has 4 nitrogen and oxygen atoms in total. The van der Waals surface area contributed by atoms with Crippen LogP contribution in [0.3, 0.4) is 0 Å². The summed E-state index contributed by atoms with van der Waals surface area (Å²) in [6.07, 6.45) is 0. The van der Waals surface area contributed by atoms with Crippen molar-refractivity contribution in [3.63, 3.8) is 0 Å². The van der Waals surface area contributed by atoms with Gasteiger partial charge in [0.15, 0.2) is 0 Å². The molecule has 0 bridgehead atoms. The highest BCUT2D eigenvalue weighted by Crippen LogP contribution is 2.31. The Bertz CT molecular complexity index is 563. The van der Waals surface area contributed by atoms with Gasteiger partial charge in [-0.2, -0.15) is 5.10 Å². The van der Waals surface area contributed by atoms with E-state index in [0.29, 0.717) is 23.0 Å². The number of aryl methyl sites for hydroxylation is 3. The van der Waals surface area contributed by atoms with Gasteiger partial charge in [0.05, 0.1) is 5.69 Å². The third-order valence-electron chi connectivity index (χ3n) is 2.57. The van der Waals surface area contributed by atoms with Crippen molar-refractivity contribution in [1.82, 2.24) is 9.78 Å². The molecule has 90 valence electrons. The predicted octanol–water partition coefficient (Wildman–Crippen LogP) is 2.55. The predicted molar refractivity (Wildman–Crippen MR) is 63.6 cm³/mol. The Morgan fingerprint density at radius 3 is 2.65 bits per heavy atom. The highest BCUT2D eigenvalue weighted by molar-refractivity contribution is 5.54. The molecule has 0 saturated carbocycles. The van der Waals surface area contributed by atoms with Crippen LogP contribution in [0.4, 0.5) is 10.1 Å². The van der Waals surface area contributed by atoms with Crippen LogP contribution in [0.25, 0.3) is 0 Å². The zero-order valence-electron chi connectivity index (χ0n) is 9.99. The molecular formula is C12H14FN3O. The molecule has 0 aliphatic carbocycles. The molecule has 0 unspecified atom stereocenters. The van der Waals surface area contributed by atoms with Gasteiger partial charge >= 0.3 is 0 Å². The lowest BCUT2D eigenvalue weighted by atomic mass is 10.2. The van der Waals surface area contributed by atoms with E-state index in [2.05, 4.69) is 5.10 Å². The summed E-state index contributed by atoms with van der Waals surface area (Å²) >= 11 is 0. The molecule has 0 amide bonds. The normalized spacial score (nSPS) is 10.6. The smallest absolute Gasteiger partial charge is 0.241 e. The van der Waals surface area contributed by atoms with E-state index in [9.17, 15) is 4.39 Å². The van der Waals surface area contributed by atoms with Crippen molar-refractivity contribution in [2.75, 3.05) is 5.73 Å². The summed E-state index contributed by atoms with van der Waals surface area (Å²) in [7, 11) is 1.73. The lowest BCUT2D eigenvalue weighted by molar-refractivity contribution is 0.426. The quantitative estimate of drug-likeness (QED) is 0.870. The average molecular weight is 235 g/mol. The first-order valence-corrected chi connectivity index (χ1v) is 5.22. The molecule has 2 rings (SSSR count). The number of nitrogens with zero attached hydrogens (tertiary/aromatic N) is 2. The van der Waals surface area contributed by atoms with Gasteiger partial charge in [-0.05, 0) is 25.5 Å². The molecule has 0 aliphatic heterocycles. The van der Waals surface area contributed by atoms with Crippen molar-refractivity contribution in [1.29, 1.82) is 0 Å². The second kappa shape index (κ2) is 4.08. The highest BCUT2D eigenvalue weighted by atomic mass is 19.1. The molecule has 2 aromatic rings. The minimum atomic E-state index is -0.344. The largest absolute Gasteiger partial charge is 0.437 e. The molecule has 0 saturated heterocycles. The molecular weight excluding hydrogens is 221 g/mol. The Morgan fingerprint density at radius 2 is 2.06 bits per heavy atom. The van der Waals surface area contributed by atoms with Crippen LogP contribution in [-0.4, -0.2) is 9.78 Å². The lowest BCUT2D eigenvalue weighted by Gasteiger charge is -2.09.